The lowest BCUT2D eigenvalue weighted by Gasteiger charge is -2.37. The van der Waals surface area contributed by atoms with Crippen LogP contribution in [0.4, 0.5) is 18.9 Å². The Morgan fingerprint density at radius 2 is 1.71 bits per heavy atom. The number of halogens is 3. The number of rotatable bonds is 8. The van der Waals surface area contributed by atoms with Crippen LogP contribution in [0.25, 0.3) is 0 Å². The average molecular weight is 554 g/mol. The van der Waals surface area contributed by atoms with Gasteiger partial charge in [-0.15, -0.1) is 0 Å². The Balaban J connectivity index is 1.54. The fourth-order valence-corrected chi connectivity index (χ4v) is 5.29. The van der Waals surface area contributed by atoms with Crippen LogP contribution in [0.2, 0.25) is 0 Å². The second-order valence-electron chi connectivity index (χ2n) is 10.7. The third-order valence-electron chi connectivity index (χ3n) is 7.05. The maximum atomic E-state index is 13.5. The number of carbonyl (C=O) groups excluding carboxylic acids is 2. The van der Waals surface area contributed by atoms with E-state index in [0.29, 0.717) is 19.6 Å². The summed E-state index contributed by atoms with van der Waals surface area (Å²) in [6.45, 7) is 10.3. The SMILES string of the molecule is CC(C)(O)C(=O)N1CCN(CCCCCN2C(=S)N(c3ccc(C#N)c(C(F)(F)F)c3)C(=O)C2(C)C)CC1. The Kier molecular flexibility index (Phi) is 8.75. The fraction of sp³-hybridized carbons (Fsp3) is 0.615. The lowest BCUT2D eigenvalue weighted by Crippen LogP contribution is -2.54. The Labute approximate surface area is 226 Å². The van der Waals surface area contributed by atoms with Gasteiger partial charge in [0.2, 0.25) is 0 Å². The van der Waals surface area contributed by atoms with E-state index in [9.17, 15) is 27.9 Å². The maximum Gasteiger partial charge on any atom is 0.417 e. The zero-order chi connectivity index (χ0) is 28.5. The number of benzene rings is 1. The van der Waals surface area contributed by atoms with Gasteiger partial charge in [0.1, 0.15) is 11.1 Å². The Bertz CT molecular complexity index is 1120. The molecule has 3 rings (SSSR count). The number of nitrogens with zero attached hydrogens (tertiary/aromatic N) is 5. The first-order valence-electron chi connectivity index (χ1n) is 12.6. The van der Waals surface area contributed by atoms with Crippen LogP contribution in [0.5, 0.6) is 0 Å². The number of nitriles is 1. The van der Waals surface area contributed by atoms with Crippen LogP contribution >= 0.6 is 12.2 Å². The molecule has 2 fully saturated rings. The molecule has 0 saturated carbocycles. The van der Waals surface area contributed by atoms with Crippen molar-refractivity contribution < 1.29 is 27.9 Å². The molecule has 208 valence electrons. The van der Waals surface area contributed by atoms with Gasteiger partial charge < -0.3 is 14.9 Å². The van der Waals surface area contributed by atoms with Gasteiger partial charge in [-0.1, -0.05) is 6.42 Å². The lowest BCUT2D eigenvalue weighted by molar-refractivity contribution is -0.149. The summed E-state index contributed by atoms with van der Waals surface area (Å²) < 4.78 is 40.4. The van der Waals surface area contributed by atoms with Crippen molar-refractivity contribution in [1.82, 2.24) is 14.7 Å². The summed E-state index contributed by atoms with van der Waals surface area (Å²) in [6, 6.07) is 4.72. The number of aliphatic hydroxyl groups is 1. The Hall–Kier alpha value is -2.75. The fourth-order valence-electron chi connectivity index (χ4n) is 4.79. The summed E-state index contributed by atoms with van der Waals surface area (Å²) in [5.74, 6) is -0.681. The molecule has 0 bridgehead atoms. The van der Waals surface area contributed by atoms with Crippen LogP contribution < -0.4 is 4.90 Å². The van der Waals surface area contributed by atoms with Crippen molar-refractivity contribution in [3.05, 3.63) is 29.3 Å². The summed E-state index contributed by atoms with van der Waals surface area (Å²) >= 11 is 5.53. The molecule has 2 saturated heterocycles. The van der Waals surface area contributed by atoms with E-state index < -0.39 is 34.4 Å². The van der Waals surface area contributed by atoms with Crippen LogP contribution in [0.3, 0.4) is 0 Å². The van der Waals surface area contributed by atoms with Gasteiger partial charge in [0, 0.05) is 32.7 Å². The monoisotopic (exact) mass is 553 g/mol. The molecule has 0 spiro atoms. The molecule has 1 N–H and O–H groups in total. The molecule has 1 aromatic rings. The Morgan fingerprint density at radius 3 is 2.26 bits per heavy atom. The number of amides is 2. The minimum atomic E-state index is -4.74. The van der Waals surface area contributed by atoms with Gasteiger partial charge in [0.25, 0.3) is 11.8 Å². The van der Waals surface area contributed by atoms with Crippen LogP contribution in [0.1, 0.15) is 58.1 Å². The molecule has 1 aromatic carbocycles. The van der Waals surface area contributed by atoms with Gasteiger partial charge in [0.15, 0.2) is 5.11 Å². The molecular formula is C26H34F3N5O3S. The highest BCUT2D eigenvalue weighted by Gasteiger charge is 2.49. The first-order chi connectivity index (χ1) is 17.6. The number of unbranched alkanes of at least 4 members (excludes halogenated alkanes) is 2. The number of hydrogen-bond acceptors (Lipinski definition) is 6. The predicted octanol–water partition coefficient (Wildman–Crippen LogP) is 3.37. The third kappa shape index (κ3) is 6.27. The van der Waals surface area contributed by atoms with E-state index >= 15 is 0 Å². The van der Waals surface area contributed by atoms with E-state index in [1.54, 1.807) is 29.7 Å². The minimum Gasteiger partial charge on any atom is -0.381 e. The quantitative estimate of drug-likeness (QED) is 0.390. The number of alkyl halides is 3. The van der Waals surface area contributed by atoms with E-state index in [0.717, 1.165) is 55.9 Å². The van der Waals surface area contributed by atoms with Crippen molar-refractivity contribution in [2.45, 2.75) is 64.3 Å². The molecule has 2 aliphatic heterocycles. The van der Waals surface area contributed by atoms with Crippen LogP contribution in [-0.4, -0.2) is 87.1 Å². The van der Waals surface area contributed by atoms with E-state index in [-0.39, 0.29) is 16.7 Å². The van der Waals surface area contributed by atoms with Crippen molar-refractivity contribution in [3.63, 3.8) is 0 Å². The highest BCUT2D eigenvalue weighted by Crippen LogP contribution is 2.38. The summed E-state index contributed by atoms with van der Waals surface area (Å²) in [6.07, 6.45) is -2.23. The number of hydrogen-bond donors (Lipinski definition) is 1. The number of carbonyl (C=O) groups is 2. The van der Waals surface area contributed by atoms with Crippen LogP contribution in [-0.2, 0) is 15.8 Å². The summed E-state index contributed by atoms with van der Waals surface area (Å²) in [7, 11) is 0. The number of thiocarbonyl (C=S) groups is 1. The number of anilines is 1. The van der Waals surface area contributed by atoms with Gasteiger partial charge in [-0.3, -0.25) is 19.4 Å². The van der Waals surface area contributed by atoms with Gasteiger partial charge in [-0.25, -0.2) is 0 Å². The molecule has 8 nitrogen and oxygen atoms in total. The third-order valence-corrected chi connectivity index (χ3v) is 7.45. The average Bonchev–Trinajstić information content (AvgIpc) is 3.01. The maximum absolute atomic E-state index is 13.5. The molecule has 0 aromatic heterocycles. The van der Waals surface area contributed by atoms with Crippen molar-refractivity contribution in [2.24, 2.45) is 0 Å². The largest absolute Gasteiger partial charge is 0.417 e. The van der Waals surface area contributed by atoms with Gasteiger partial charge in [-0.2, -0.15) is 18.4 Å². The molecule has 2 heterocycles. The smallest absolute Gasteiger partial charge is 0.381 e. The van der Waals surface area contributed by atoms with Crippen molar-refractivity contribution >= 4 is 34.8 Å². The van der Waals surface area contributed by atoms with E-state index in [2.05, 4.69) is 4.90 Å². The predicted molar refractivity (Wildman–Crippen MR) is 140 cm³/mol. The molecule has 12 heteroatoms. The van der Waals surface area contributed by atoms with Gasteiger partial charge >= 0.3 is 6.18 Å². The molecule has 0 atom stereocenters. The molecule has 0 unspecified atom stereocenters. The van der Waals surface area contributed by atoms with E-state index in [4.69, 9.17) is 17.5 Å². The number of piperazine rings is 1. The zero-order valence-corrected chi connectivity index (χ0v) is 23.0. The first-order valence-corrected chi connectivity index (χ1v) is 13.0. The molecular weight excluding hydrogens is 519 g/mol. The van der Waals surface area contributed by atoms with E-state index in [1.165, 1.54) is 19.9 Å². The normalized spacial score (nSPS) is 18.8. The second-order valence-corrected chi connectivity index (χ2v) is 11.1. The topological polar surface area (TPSA) is 91.1 Å². The molecule has 2 amide bonds. The summed E-state index contributed by atoms with van der Waals surface area (Å²) in [5, 5.41) is 19.1. The first kappa shape index (κ1) is 29.8. The Morgan fingerprint density at radius 1 is 1.11 bits per heavy atom. The standard InChI is InChI=1S/C26H34F3N5O3S/c1-24(2)21(35)34(19-9-8-18(17-30)20(16-19)26(27,28)29)23(38)33(24)11-7-5-6-10-31-12-14-32(15-13-31)22(36)25(3,4)37/h8-9,16,37H,5-7,10-15H2,1-4H3. The molecule has 0 aliphatic carbocycles. The van der Waals surface area contributed by atoms with Crippen molar-refractivity contribution in [3.8, 4) is 6.07 Å². The zero-order valence-electron chi connectivity index (χ0n) is 22.1. The molecule has 2 aliphatic rings. The van der Waals surface area contributed by atoms with E-state index in [1.807, 2.05) is 0 Å². The summed E-state index contributed by atoms with van der Waals surface area (Å²) in [5.41, 5.74) is -4.02. The highest BCUT2D eigenvalue weighted by molar-refractivity contribution is 7.80. The summed E-state index contributed by atoms with van der Waals surface area (Å²) in [4.78, 5) is 32.2. The minimum absolute atomic E-state index is 0.0101. The van der Waals surface area contributed by atoms with Gasteiger partial charge in [0.05, 0.1) is 22.9 Å². The van der Waals surface area contributed by atoms with Crippen molar-refractivity contribution in [2.75, 3.05) is 44.2 Å². The molecule has 0 radical (unpaired) electrons. The lowest BCUT2D eigenvalue weighted by atomic mass is 10.0. The van der Waals surface area contributed by atoms with Crippen LogP contribution in [0, 0.1) is 11.3 Å². The van der Waals surface area contributed by atoms with Crippen LogP contribution in [0.15, 0.2) is 18.2 Å². The molecule has 38 heavy (non-hydrogen) atoms. The van der Waals surface area contributed by atoms with Gasteiger partial charge in [-0.05, 0) is 77.5 Å². The highest BCUT2D eigenvalue weighted by atomic mass is 32.1. The van der Waals surface area contributed by atoms with Crippen molar-refractivity contribution in [1.29, 1.82) is 5.26 Å². The second kappa shape index (κ2) is 11.2.